The van der Waals surface area contributed by atoms with Crippen molar-refractivity contribution < 1.29 is 14.7 Å². The van der Waals surface area contributed by atoms with Crippen molar-refractivity contribution in [2.45, 2.75) is 31.8 Å². The molecule has 3 fully saturated rings. The van der Waals surface area contributed by atoms with Crippen LogP contribution in [-0.4, -0.2) is 83.7 Å². The summed E-state index contributed by atoms with van der Waals surface area (Å²) in [6, 6.07) is 6.32. The summed E-state index contributed by atoms with van der Waals surface area (Å²) in [7, 11) is 0. The molecule has 0 unspecified atom stereocenters. The molecular weight excluding hydrogens is 380 g/mol. The van der Waals surface area contributed by atoms with E-state index in [0.29, 0.717) is 25.6 Å². The van der Waals surface area contributed by atoms with E-state index in [0.717, 1.165) is 62.8 Å². The number of nitrogens with zero attached hydrogens (tertiary/aromatic N) is 4. The lowest BCUT2D eigenvalue weighted by atomic mass is 10.1. The highest BCUT2D eigenvalue weighted by molar-refractivity contribution is 6.30. The molecular formula is C20H27ClN4O3. The third-order valence-corrected chi connectivity index (χ3v) is 6.37. The van der Waals surface area contributed by atoms with E-state index in [9.17, 15) is 9.59 Å². The van der Waals surface area contributed by atoms with Crippen molar-refractivity contribution in [1.29, 1.82) is 0 Å². The van der Waals surface area contributed by atoms with Crippen LogP contribution in [0.1, 0.15) is 24.8 Å². The monoisotopic (exact) mass is 406 g/mol. The maximum Gasteiger partial charge on any atom is 0.407 e. The van der Waals surface area contributed by atoms with Gasteiger partial charge in [-0.25, -0.2) is 4.79 Å². The smallest absolute Gasteiger partial charge is 0.407 e. The summed E-state index contributed by atoms with van der Waals surface area (Å²) in [5.74, 6) is 0.287. The van der Waals surface area contributed by atoms with Crippen molar-refractivity contribution in [3.63, 3.8) is 0 Å². The Kier molecular flexibility index (Phi) is 5.64. The Labute approximate surface area is 170 Å². The van der Waals surface area contributed by atoms with Crippen LogP contribution in [0.5, 0.6) is 0 Å². The minimum atomic E-state index is -0.841. The molecule has 2 amide bonds. The van der Waals surface area contributed by atoms with Crippen LogP contribution in [0, 0.1) is 0 Å². The minimum absolute atomic E-state index is 0.287. The molecule has 8 heteroatoms. The first-order valence-electron chi connectivity index (χ1n) is 10.0. The first-order chi connectivity index (χ1) is 13.5. The zero-order valence-electron chi connectivity index (χ0n) is 16.0. The van der Waals surface area contributed by atoms with E-state index in [1.54, 1.807) is 0 Å². The molecule has 3 saturated heterocycles. The lowest BCUT2D eigenvalue weighted by Gasteiger charge is -2.34. The number of carboxylic acid groups (broad SMARTS) is 1. The highest BCUT2D eigenvalue weighted by Crippen LogP contribution is 2.31. The topological polar surface area (TPSA) is 67.3 Å². The van der Waals surface area contributed by atoms with Crippen LogP contribution in [-0.2, 0) is 11.3 Å². The van der Waals surface area contributed by atoms with Crippen LogP contribution >= 0.6 is 11.6 Å². The zero-order chi connectivity index (χ0) is 19.7. The predicted octanol–water partition coefficient (Wildman–Crippen LogP) is 2.34. The Morgan fingerprint density at radius 3 is 2.61 bits per heavy atom. The molecule has 0 spiro atoms. The van der Waals surface area contributed by atoms with E-state index < -0.39 is 6.09 Å². The molecule has 1 atom stereocenters. The van der Waals surface area contributed by atoms with Gasteiger partial charge in [0.1, 0.15) is 0 Å². The van der Waals surface area contributed by atoms with Gasteiger partial charge in [0, 0.05) is 69.5 Å². The van der Waals surface area contributed by atoms with Gasteiger partial charge in [0.05, 0.1) is 6.04 Å². The first-order valence-corrected chi connectivity index (χ1v) is 10.4. The van der Waals surface area contributed by atoms with Gasteiger partial charge >= 0.3 is 6.09 Å². The highest BCUT2D eigenvalue weighted by atomic mass is 35.5. The molecule has 0 aliphatic carbocycles. The summed E-state index contributed by atoms with van der Waals surface area (Å²) in [6.45, 7) is 6.00. The van der Waals surface area contributed by atoms with Gasteiger partial charge in [-0.1, -0.05) is 17.7 Å². The molecule has 0 aromatic heterocycles. The number of anilines is 1. The van der Waals surface area contributed by atoms with Crippen molar-refractivity contribution in [1.82, 2.24) is 14.7 Å². The SMILES string of the molecule is O=C(O)N1CCN(Cc2ccc(Cl)cc2N2CC[C@@H](N3CCCC3=O)C2)CC1. The van der Waals surface area contributed by atoms with Crippen LogP contribution in [0.2, 0.25) is 5.02 Å². The van der Waals surface area contributed by atoms with Gasteiger partial charge in [0.2, 0.25) is 5.91 Å². The Balaban J connectivity index is 1.44. The van der Waals surface area contributed by atoms with Crippen LogP contribution in [0.3, 0.4) is 0 Å². The van der Waals surface area contributed by atoms with Crippen LogP contribution in [0.4, 0.5) is 10.5 Å². The van der Waals surface area contributed by atoms with Crippen molar-refractivity contribution >= 4 is 29.3 Å². The van der Waals surface area contributed by atoms with Gasteiger partial charge in [0.15, 0.2) is 0 Å². The summed E-state index contributed by atoms with van der Waals surface area (Å²) >= 11 is 6.30. The van der Waals surface area contributed by atoms with E-state index >= 15 is 0 Å². The second-order valence-corrected chi connectivity index (χ2v) is 8.33. The molecule has 28 heavy (non-hydrogen) atoms. The average molecular weight is 407 g/mol. The number of amides is 2. The number of likely N-dealkylation sites (tertiary alicyclic amines) is 1. The summed E-state index contributed by atoms with van der Waals surface area (Å²) in [5, 5.41) is 9.84. The molecule has 1 aromatic rings. The normalized spacial score (nSPS) is 23.7. The number of carbonyl (C=O) groups excluding carboxylic acids is 1. The Hall–Kier alpha value is -1.99. The standard InChI is InChI=1S/C20H27ClN4O3/c21-16-4-3-15(13-22-8-10-23(11-9-22)20(27)28)18(12-16)24-7-5-17(14-24)25-6-1-2-19(25)26/h3-4,12,17H,1-2,5-11,13-14H2,(H,27,28)/t17-/m1/s1. The number of rotatable bonds is 4. The van der Waals surface area contributed by atoms with E-state index in [1.165, 1.54) is 10.5 Å². The molecule has 4 rings (SSSR count). The summed E-state index contributed by atoms with van der Waals surface area (Å²) in [4.78, 5) is 31.4. The molecule has 3 heterocycles. The summed E-state index contributed by atoms with van der Waals surface area (Å²) in [6.07, 6.45) is 1.81. The summed E-state index contributed by atoms with van der Waals surface area (Å²) < 4.78 is 0. The largest absolute Gasteiger partial charge is 0.465 e. The van der Waals surface area contributed by atoms with Crippen molar-refractivity contribution in [3.05, 3.63) is 28.8 Å². The number of hydrogen-bond acceptors (Lipinski definition) is 4. The van der Waals surface area contributed by atoms with Crippen LogP contribution < -0.4 is 4.90 Å². The zero-order valence-corrected chi connectivity index (χ0v) is 16.8. The maximum atomic E-state index is 12.1. The Bertz CT molecular complexity index is 751. The van der Waals surface area contributed by atoms with Crippen LogP contribution in [0.15, 0.2) is 18.2 Å². The van der Waals surface area contributed by atoms with Gasteiger partial charge in [-0.3, -0.25) is 9.69 Å². The lowest BCUT2D eigenvalue weighted by molar-refractivity contribution is -0.129. The number of carbonyl (C=O) groups is 2. The second-order valence-electron chi connectivity index (χ2n) is 7.90. The number of piperazine rings is 1. The minimum Gasteiger partial charge on any atom is -0.465 e. The number of hydrogen-bond donors (Lipinski definition) is 1. The Morgan fingerprint density at radius 2 is 1.93 bits per heavy atom. The van der Waals surface area contributed by atoms with E-state index in [2.05, 4.69) is 20.8 Å². The molecule has 3 aliphatic heterocycles. The van der Waals surface area contributed by atoms with Crippen molar-refractivity contribution in [2.24, 2.45) is 0 Å². The van der Waals surface area contributed by atoms with E-state index in [1.807, 2.05) is 12.1 Å². The third-order valence-electron chi connectivity index (χ3n) is 6.14. The van der Waals surface area contributed by atoms with E-state index in [4.69, 9.17) is 16.7 Å². The second kappa shape index (κ2) is 8.17. The molecule has 7 nitrogen and oxygen atoms in total. The molecule has 3 aliphatic rings. The molecule has 152 valence electrons. The first kappa shape index (κ1) is 19.3. The number of halogens is 1. The molecule has 0 radical (unpaired) electrons. The quantitative estimate of drug-likeness (QED) is 0.831. The fraction of sp³-hybridized carbons (Fsp3) is 0.600. The van der Waals surface area contributed by atoms with Gasteiger partial charge in [-0.05, 0) is 30.5 Å². The summed E-state index contributed by atoms with van der Waals surface area (Å²) in [5.41, 5.74) is 2.35. The molecule has 1 N–H and O–H groups in total. The highest BCUT2D eigenvalue weighted by Gasteiger charge is 2.34. The van der Waals surface area contributed by atoms with Gasteiger partial charge < -0.3 is 19.8 Å². The van der Waals surface area contributed by atoms with Gasteiger partial charge in [-0.15, -0.1) is 0 Å². The fourth-order valence-corrected chi connectivity index (χ4v) is 4.74. The third kappa shape index (κ3) is 4.05. The maximum absolute atomic E-state index is 12.1. The molecule has 0 bridgehead atoms. The van der Waals surface area contributed by atoms with Crippen molar-refractivity contribution in [2.75, 3.05) is 50.7 Å². The van der Waals surface area contributed by atoms with Gasteiger partial charge in [0.25, 0.3) is 0 Å². The van der Waals surface area contributed by atoms with Crippen LogP contribution in [0.25, 0.3) is 0 Å². The van der Waals surface area contributed by atoms with Gasteiger partial charge in [-0.2, -0.15) is 0 Å². The molecule has 0 saturated carbocycles. The lowest BCUT2D eigenvalue weighted by Crippen LogP contribution is -2.47. The molecule has 1 aromatic carbocycles. The Morgan fingerprint density at radius 1 is 1.14 bits per heavy atom. The fourth-order valence-electron chi connectivity index (χ4n) is 4.57. The number of benzene rings is 1. The average Bonchev–Trinajstić information content (AvgIpc) is 3.32. The van der Waals surface area contributed by atoms with Crippen molar-refractivity contribution in [3.8, 4) is 0 Å². The predicted molar refractivity (Wildman–Crippen MR) is 108 cm³/mol. The van der Waals surface area contributed by atoms with E-state index in [-0.39, 0.29) is 5.91 Å².